The minimum absolute atomic E-state index is 0.125. The highest BCUT2D eigenvalue weighted by atomic mass is 19.1. The molecule has 122 valence electrons. The van der Waals surface area contributed by atoms with Gasteiger partial charge in [-0.15, -0.1) is 0 Å². The Labute approximate surface area is 135 Å². The molecule has 0 radical (unpaired) electrons. The van der Waals surface area contributed by atoms with Crippen LogP contribution in [0.4, 0.5) is 15.8 Å². The Morgan fingerprint density at radius 1 is 1.17 bits per heavy atom. The molecule has 0 spiro atoms. The molecule has 23 heavy (non-hydrogen) atoms. The van der Waals surface area contributed by atoms with Crippen molar-refractivity contribution in [1.29, 1.82) is 0 Å². The van der Waals surface area contributed by atoms with Crippen molar-refractivity contribution in [3.05, 3.63) is 59.4 Å². The number of nitrogens with two attached hydrogens (primary N) is 1. The first-order valence-corrected chi connectivity index (χ1v) is 7.66. The van der Waals surface area contributed by atoms with Gasteiger partial charge in [-0.1, -0.05) is 12.1 Å². The van der Waals surface area contributed by atoms with Gasteiger partial charge < -0.3 is 16.4 Å². The highest BCUT2D eigenvalue weighted by Crippen LogP contribution is 2.24. The summed E-state index contributed by atoms with van der Waals surface area (Å²) in [4.78, 5) is 12.4. The Kier molecular flexibility index (Phi) is 5.71. The summed E-state index contributed by atoms with van der Waals surface area (Å²) in [5, 5.41) is 5.96. The highest BCUT2D eigenvalue weighted by molar-refractivity contribution is 6.06. The molecule has 5 heteroatoms. The molecule has 2 aromatic rings. The van der Waals surface area contributed by atoms with Crippen LogP contribution in [-0.2, 0) is 6.42 Å². The average Bonchev–Trinajstić information content (AvgIpc) is 2.50. The van der Waals surface area contributed by atoms with Crippen LogP contribution in [0, 0.1) is 5.82 Å². The second-order valence-electron chi connectivity index (χ2n) is 5.68. The van der Waals surface area contributed by atoms with E-state index in [0.717, 1.165) is 12.0 Å². The summed E-state index contributed by atoms with van der Waals surface area (Å²) in [7, 11) is 0. The van der Waals surface area contributed by atoms with Crippen molar-refractivity contribution in [2.75, 3.05) is 17.2 Å². The van der Waals surface area contributed by atoms with Crippen molar-refractivity contribution < 1.29 is 9.18 Å². The maximum absolute atomic E-state index is 13.4. The maximum Gasteiger partial charge on any atom is 0.255 e. The second-order valence-corrected chi connectivity index (χ2v) is 5.68. The predicted octanol–water partition coefficient (Wildman–Crippen LogP) is 3.40. The van der Waals surface area contributed by atoms with Crippen LogP contribution in [0.1, 0.15) is 29.8 Å². The van der Waals surface area contributed by atoms with Gasteiger partial charge >= 0.3 is 0 Å². The SMILES string of the molecule is CC(C)Nc1cc(F)ccc1NC(=O)c1cccc(CCN)c1. The molecule has 2 rings (SSSR count). The lowest BCUT2D eigenvalue weighted by atomic mass is 10.1. The van der Waals surface area contributed by atoms with E-state index in [2.05, 4.69) is 10.6 Å². The van der Waals surface area contributed by atoms with E-state index in [0.29, 0.717) is 23.5 Å². The molecular weight excluding hydrogens is 293 g/mol. The van der Waals surface area contributed by atoms with E-state index in [-0.39, 0.29) is 17.8 Å². The van der Waals surface area contributed by atoms with Gasteiger partial charge in [-0.2, -0.15) is 0 Å². The summed E-state index contributed by atoms with van der Waals surface area (Å²) in [6.07, 6.45) is 0.720. The molecule has 0 bridgehead atoms. The zero-order valence-corrected chi connectivity index (χ0v) is 13.4. The lowest BCUT2D eigenvalue weighted by molar-refractivity contribution is 0.102. The number of benzene rings is 2. The van der Waals surface area contributed by atoms with Crippen molar-refractivity contribution in [2.24, 2.45) is 5.73 Å². The van der Waals surface area contributed by atoms with Gasteiger partial charge in [0.15, 0.2) is 0 Å². The molecule has 0 aliphatic heterocycles. The zero-order valence-electron chi connectivity index (χ0n) is 13.4. The van der Waals surface area contributed by atoms with Crippen LogP contribution in [0.3, 0.4) is 0 Å². The first-order valence-electron chi connectivity index (χ1n) is 7.66. The molecule has 0 heterocycles. The molecule has 0 unspecified atom stereocenters. The summed E-state index contributed by atoms with van der Waals surface area (Å²) in [6.45, 7) is 4.44. The van der Waals surface area contributed by atoms with Crippen LogP contribution in [0.5, 0.6) is 0 Å². The summed E-state index contributed by atoms with van der Waals surface area (Å²) in [5.41, 5.74) is 8.22. The van der Waals surface area contributed by atoms with E-state index in [1.54, 1.807) is 12.1 Å². The lowest BCUT2D eigenvalue weighted by Crippen LogP contribution is -2.16. The Balaban J connectivity index is 2.21. The van der Waals surface area contributed by atoms with Crippen molar-refractivity contribution in [3.8, 4) is 0 Å². The second kappa shape index (κ2) is 7.74. The van der Waals surface area contributed by atoms with Crippen LogP contribution in [0.2, 0.25) is 0 Å². The molecule has 0 fully saturated rings. The number of rotatable bonds is 6. The Bertz CT molecular complexity index is 686. The fourth-order valence-corrected chi connectivity index (χ4v) is 2.29. The molecule has 2 aromatic carbocycles. The fourth-order valence-electron chi connectivity index (χ4n) is 2.29. The number of carbonyl (C=O) groups is 1. The predicted molar refractivity (Wildman–Crippen MR) is 92.3 cm³/mol. The Morgan fingerprint density at radius 3 is 2.65 bits per heavy atom. The summed E-state index contributed by atoms with van der Waals surface area (Å²) < 4.78 is 13.4. The molecule has 0 aliphatic carbocycles. The first-order chi connectivity index (χ1) is 11.0. The van der Waals surface area contributed by atoms with Crippen molar-refractivity contribution in [3.63, 3.8) is 0 Å². The van der Waals surface area contributed by atoms with Crippen LogP contribution in [0.25, 0.3) is 0 Å². The van der Waals surface area contributed by atoms with E-state index < -0.39 is 0 Å². The first kappa shape index (κ1) is 17.0. The number of halogens is 1. The van der Waals surface area contributed by atoms with Gasteiger partial charge in [-0.05, 0) is 62.7 Å². The zero-order chi connectivity index (χ0) is 16.8. The van der Waals surface area contributed by atoms with Gasteiger partial charge in [0.1, 0.15) is 5.82 Å². The maximum atomic E-state index is 13.4. The van der Waals surface area contributed by atoms with E-state index in [9.17, 15) is 9.18 Å². The van der Waals surface area contributed by atoms with E-state index in [1.807, 2.05) is 32.0 Å². The standard InChI is InChI=1S/C18H22FN3O/c1-12(2)21-17-11-15(19)6-7-16(17)22-18(23)14-5-3-4-13(10-14)8-9-20/h3-7,10-12,21H,8-9,20H2,1-2H3,(H,22,23). The molecule has 1 amide bonds. The van der Waals surface area contributed by atoms with Gasteiger partial charge in [-0.25, -0.2) is 4.39 Å². The summed E-state index contributed by atoms with van der Waals surface area (Å²) in [6, 6.07) is 11.7. The van der Waals surface area contributed by atoms with Gasteiger partial charge in [0.25, 0.3) is 5.91 Å². The highest BCUT2D eigenvalue weighted by Gasteiger charge is 2.11. The molecule has 0 saturated carbocycles. The van der Waals surface area contributed by atoms with E-state index in [1.165, 1.54) is 12.1 Å². The number of nitrogens with one attached hydrogen (secondary N) is 2. The number of amides is 1. The van der Waals surface area contributed by atoms with E-state index in [4.69, 9.17) is 5.73 Å². The lowest BCUT2D eigenvalue weighted by Gasteiger charge is -2.16. The molecule has 4 N–H and O–H groups in total. The van der Waals surface area contributed by atoms with Crippen molar-refractivity contribution >= 4 is 17.3 Å². The smallest absolute Gasteiger partial charge is 0.255 e. The summed E-state index contributed by atoms with van der Waals surface area (Å²) >= 11 is 0. The molecule has 0 saturated heterocycles. The topological polar surface area (TPSA) is 67.1 Å². The summed E-state index contributed by atoms with van der Waals surface area (Å²) in [5.74, 6) is -0.585. The fraction of sp³-hybridized carbons (Fsp3) is 0.278. The van der Waals surface area contributed by atoms with Crippen LogP contribution in [-0.4, -0.2) is 18.5 Å². The third-order valence-electron chi connectivity index (χ3n) is 3.30. The molecule has 0 aromatic heterocycles. The normalized spacial score (nSPS) is 10.7. The van der Waals surface area contributed by atoms with Gasteiger partial charge in [0, 0.05) is 11.6 Å². The number of hydrogen-bond acceptors (Lipinski definition) is 3. The van der Waals surface area contributed by atoms with Crippen LogP contribution >= 0.6 is 0 Å². The number of hydrogen-bond donors (Lipinski definition) is 3. The van der Waals surface area contributed by atoms with Gasteiger partial charge in [-0.3, -0.25) is 4.79 Å². The van der Waals surface area contributed by atoms with Crippen molar-refractivity contribution in [2.45, 2.75) is 26.3 Å². The third kappa shape index (κ3) is 4.79. The third-order valence-corrected chi connectivity index (χ3v) is 3.30. The minimum atomic E-state index is -0.351. The van der Waals surface area contributed by atoms with Crippen LogP contribution in [0.15, 0.2) is 42.5 Å². The Morgan fingerprint density at radius 2 is 1.96 bits per heavy atom. The number of carbonyl (C=O) groups excluding carboxylic acids is 1. The molecule has 4 nitrogen and oxygen atoms in total. The largest absolute Gasteiger partial charge is 0.381 e. The minimum Gasteiger partial charge on any atom is -0.381 e. The molecule has 0 aliphatic rings. The van der Waals surface area contributed by atoms with Crippen molar-refractivity contribution in [1.82, 2.24) is 0 Å². The number of anilines is 2. The van der Waals surface area contributed by atoms with Gasteiger partial charge in [0.05, 0.1) is 11.4 Å². The monoisotopic (exact) mass is 315 g/mol. The quantitative estimate of drug-likeness (QED) is 0.765. The van der Waals surface area contributed by atoms with Gasteiger partial charge in [0.2, 0.25) is 0 Å². The van der Waals surface area contributed by atoms with Crippen LogP contribution < -0.4 is 16.4 Å². The molecular formula is C18H22FN3O. The Hall–Kier alpha value is -2.40. The van der Waals surface area contributed by atoms with E-state index >= 15 is 0 Å². The average molecular weight is 315 g/mol. The molecule has 0 atom stereocenters.